The van der Waals surface area contributed by atoms with Crippen LogP contribution in [-0.4, -0.2) is 32.9 Å². The third-order valence-corrected chi connectivity index (χ3v) is 4.91. The highest BCUT2D eigenvalue weighted by atomic mass is 16.6. The predicted octanol–water partition coefficient (Wildman–Crippen LogP) is 3.23. The smallest absolute Gasteiger partial charge is 0.303 e. The largest absolute Gasteiger partial charge is 0.481 e. The summed E-state index contributed by atoms with van der Waals surface area (Å²) in [4.78, 5) is 37.8. The molecule has 8 heteroatoms. The van der Waals surface area contributed by atoms with Gasteiger partial charge in [-0.25, -0.2) is 0 Å². The molecule has 1 heterocycles. The van der Waals surface area contributed by atoms with E-state index >= 15 is 0 Å². The Balaban J connectivity index is 2.09. The third kappa shape index (κ3) is 5.79. The Bertz CT molecular complexity index is 671. The Morgan fingerprint density at radius 1 is 1.38 bits per heavy atom. The predicted molar refractivity (Wildman–Crippen MR) is 94.9 cm³/mol. The van der Waals surface area contributed by atoms with Gasteiger partial charge in [-0.3, -0.25) is 24.7 Å². The summed E-state index contributed by atoms with van der Waals surface area (Å²) in [5.74, 6) is -0.863. The van der Waals surface area contributed by atoms with Crippen LogP contribution >= 0.6 is 0 Å². The van der Waals surface area contributed by atoms with E-state index in [2.05, 4.69) is 10.3 Å². The van der Waals surface area contributed by atoms with E-state index in [9.17, 15) is 19.7 Å². The van der Waals surface area contributed by atoms with Crippen molar-refractivity contribution in [3.8, 4) is 0 Å². The minimum Gasteiger partial charge on any atom is -0.481 e. The molecule has 0 aliphatic heterocycles. The van der Waals surface area contributed by atoms with Crippen LogP contribution in [0, 0.1) is 23.0 Å². The van der Waals surface area contributed by atoms with Crippen molar-refractivity contribution in [2.24, 2.45) is 5.92 Å². The first kappa shape index (κ1) is 19.8. The summed E-state index contributed by atoms with van der Waals surface area (Å²) >= 11 is 0. The summed E-state index contributed by atoms with van der Waals surface area (Å²) < 4.78 is 0. The van der Waals surface area contributed by atoms with Gasteiger partial charge in [-0.1, -0.05) is 32.1 Å². The average Bonchev–Trinajstić information content (AvgIpc) is 2.60. The Labute approximate surface area is 152 Å². The lowest BCUT2D eigenvalue weighted by atomic mass is 9.84. The molecule has 2 rings (SSSR count). The highest BCUT2D eigenvalue weighted by Gasteiger charge is 2.23. The number of nitro groups is 1. The average molecular weight is 363 g/mol. The molecule has 0 saturated heterocycles. The van der Waals surface area contributed by atoms with E-state index in [0.717, 1.165) is 38.3 Å². The number of carbonyl (C=O) groups excluding carboxylic acids is 1. The number of aryl methyl sites for hydroxylation is 1. The van der Waals surface area contributed by atoms with Gasteiger partial charge in [0.15, 0.2) is 0 Å². The molecule has 0 bridgehead atoms. The Morgan fingerprint density at radius 2 is 2.08 bits per heavy atom. The fraction of sp³-hybridized carbons (Fsp3) is 0.611. The highest BCUT2D eigenvalue weighted by molar-refractivity contribution is 5.96. The lowest BCUT2D eigenvalue weighted by molar-refractivity contribution is -0.385. The third-order valence-electron chi connectivity index (χ3n) is 4.91. The lowest BCUT2D eigenvalue weighted by Gasteiger charge is -2.27. The first-order valence-electron chi connectivity index (χ1n) is 9.00. The molecule has 0 aromatic carbocycles. The molecule has 1 fully saturated rings. The van der Waals surface area contributed by atoms with Crippen molar-refractivity contribution in [1.82, 2.24) is 10.3 Å². The summed E-state index contributed by atoms with van der Waals surface area (Å²) in [6.45, 7) is 1.62. The maximum absolute atomic E-state index is 12.6. The van der Waals surface area contributed by atoms with Gasteiger partial charge in [-0.15, -0.1) is 0 Å². The molecular formula is C18H25N3O5. The number of pyridine rings is 1. The number of aromatic nitrogens is 1. The van der Waals surface area contributed by atoms with Crippen LogP contribution in [0.1, 0.15) is 67.4 Å². The first-order chi connectivity index (χ1) is 12.4. The fourth-order valence-electron chi connectivity index (χ4n) is 3.49. The Morgan fingerprint density at radius 3 is 2.69 bits per heavy atom. The van der Waals surface area contributed by atoms with E-state index < -0.39 is 16.8 Å². The van der Waals surface area contributed by atoms with Crippen molar-refractivity contribution in [2.75, 3.05) is 0 Å². The molecule has 1 unspecified atom stereocenters. The molecule has 1 aliphatic carbocycles. The van der Waals surface area contributed by atoms with Gasteiger partial charge in [-0.2, -0.15) is 0 Å². The minimum atomic E-state index is -0.902. The van der Waals surface area contributed by atoms with Gasteiger partial charge in [0.1, 0.15) is 6.20 Å². The molecule has 1 aromatic heterocycles. The second-order valence-corrected chi connectivity index (χ2v) is 6.93. The minimum absolute atomic E-state index is 0.0240. The van der Waals surface area contributed by atoms with Gasteiger partial charge in [0, 0.05) is 18.5 Å². The van der Waals surface area contributed by atoms with Crippen molar-refractivity contribution >= 4 is 17.6 Å². The summed E-state index contributed by atoms with van der Waals surface area (Å²) in [6, 6.07) is 0.951. The molecule has 0 radical (unpaired) electrons. The summed E-state index contributed by atoms with van der Waals surface area (Å²) in [6.07, 6.45) is 7.92. The number of carboxylic acids is 1. The normalized spacial score (nSPS) is 16.0. The molecule has 1 aromatic rings. The van der Waals surface area contributed by atoms with E-state index in [1.807, 2.05) is 0 Å². The first-order valence-corrected chi connectivity index (χ1v) is 9.00. The molecule has 1 aliphatic rings. The molecular weight excluding hydrogens is 338 g/mol. The van der Waals surface area contributed by atoms with Crippen LogP contribution in [-0.2, 0) is 4.79 Å². The van der Waals surface area contributed by atoms with Gasteiger partial charge in [-0.05, 0) is 25.7 Å². The number of aliphatic carboxylic acids is 1. The quantitative estimate of drug-likeness (QED) is 0.540. The molecule has 1 saturated carbocycles. The SMILES string of the molecule is Cc1ncc([N+](=O)[O-])cc1C(=O)NC(CCC(=O)O)CC1CCCCC1. The Hall–Kier alpha value is -2.51. The monoisotopic (exact) mass is 363 g/mol. The number of amides is 1. The number of carboxylic acid groups (broad SMARTS) is 1. The Kier molecular flexibility index (Phi) is 7.06. The number of hydrogen-bond acceptors (Lipinski definition) is 5. The van der Waals surface area contributed by atoms with Crippen LogP contribution in [0.15, 0.2) is 12.3 Å². The highest BCUT2D eigenvalue weighted by Crippen LogP contribution is 2.28. The number of hydrogen-bond donors (Lipinski definition) is 2. The van der Waals surface area contributed by atoms with E-state index in [1.165, 1.54) is 12.5 Å². The summed E-state index contributed by atoms with van der Waals surface area (Å²) in [5, 5.41) is 22.8. The van der Waals surface area contributed by atoms with Gasteiger partial charge in [0.05, 0.1) is 16.2 Å². The van der Waals surface area contributed by atoms with E-state index in [-0.39, 0.29) is 23.7 Å². The van der Waals surface area contributed by atoms with E-state index in [4.69, 9.17) is 5.11 Å². The zero-order valence-electron chi connectivity index (χ0n) is 14.9. The van der Waals surface area contributed by atoms with Crippen molar-refractivity contribution in [2.45, 2.75) is 64.3 Å². The lowest BCUT2D eigenvalue weighted by Crippen LogP contribution is -2.37. The van der Waals surface area contributed by atoms with E-state index in [0.29, 0.717) is 18.0 Å². The molecule has 8 nitrogen and oxygen atoms in total. The fourth-order valence-corrected chi connectivity index (χ4v) is 3.49. The van der Waals surface area contributed by atoms with Crippen molar-refractivity contribution in [3.63, 3.8) is 0 Å². The molecule has 1 atom stereocenters. The van der Waals surface area contributed by atoms with Gasteiger partial charge >= 0.3 is 5.97 Å². The molecule has 2 N–H and O–H groups in total. The summed E-state index contributed by atoms with van der Waals surface area (Å²) in [5.41, 5.74) is 0.320. The molecule has 1 amide bonds. The van der Waals surface area contributed by atoms with Gasteiger partial charge < -0.3 is 10.4 Å². The zero-order valence-corrected chi connectivity index (χ0v) is 14.9. The second-order valence-electron chi connectivity index (χ2n) is 6.93. The number of nitrogens with one attached hydrogen (secondary N) is 1. The van der Waals surface area contributed by atoms with Crippen molar-refractivity contribution in [3.05, 3.63) is 33.6 Å². The van der Waals surface area contributed by atoms with Gasteiger partial charge in [0.2, 0.25) is 0 Å². The van der Waals surface area contributed by atoms with Gasteiger partial charge in [0.25, 0.3) is 11.6 Å². The second kappa shape index (κ2) is 9.26. The molecule has 142 valence electrons. The van der Waals surface area contributed by atoms with Crippen molar-refractivity contribution in [1.29, 1.82) is 0 Å². The van der Waals surface area contributed by atoms with Crippen LogP contribution in [0.2, 0.25) is 0 Å². The van der Waals surface area contributed by atoms with Crippen LogP contribution in [0.5, 0.6) is 0 Å². The van der Waals surface area contributed by atoms with E-state index in [1.54, 1.807) is 6.92 Å². The summed E-state index contributed by atoms with van der Waals surface area (Å²) in [7, 11) is 0. The molecule has 0 spiro atoms. The number of nitrogens with zero attached hydrogens (tertiary/aromatic N) is 2. The van der Waals surface area contributed by atoms with Crippen LogP contribution in [0.25, 0.3) is 0 Å². The zero-order chi connectivity index (χ0) is 19.1. The topological polar surface area (TPSA) is 122 Å². The van der Waals surface area contributed by atoms with Crippen molar-refractivity contribution < 1.29 is 19.6 Å². The maximum atomic E-state index is 12.6. The van der Waals surface area contributed by atoms with Crippen LogP contribution < -0.4 is 5.32 Å². The number of rotatable bonds is 8. The van der Waals surface area contributed by atoms with Crippen LogP contribution in [0.4, 0.5) is 5.69 Å². The maximum Gasteiger partial charge on any atom is 0.303 e. The molecule has 26 heavy (non-hydrogen) atoms. The standard InChI is InChI=1S/C18H25N3O5/c1-12-16(10-15(11-19-12)21(25)26)18(24)20-14(7-8-17(22)23)9-13-5-3-2-4-6-13/h10-11,13-14H,2-9H2,1H3,(H,20,24)(H,22,23). The van der Waals surface area contributed by atoms with Crippen LogP contribution in [0.3, 0.4) is 0 Å². The number of carbonyl (C=O) groups is 2.